The fourth-order valence-corrected chi connectivity index (χ4v) is 1.89. The molecule has 0 saturated heterocycles. The van der Waals surface area contributed by atoms with Crippen molar-refractivity contribution in [3.05, 3.63) is 35.1 Å². The highest BCUT2D eigenvalue weighted by molar-refractivity contribution is 5.85. The normalized spacial score (nSPS) is 10.8. The first-order valence-corrected chi connectivity index (χ1v) is 5.43. The predicted octanol–water partition coefficient (Wildman–Crippen LogP) is 3.29. The highest BCUT2D eigenvalue weighted by atomic mass is 19.1. The third-order valence-corrected chi connectivity index (χ3v) is 2.85. The van der Waals surface area contributed by atoms with Crippen LogP contribution < -0.4 is 5.32 Å². The number of aromatic nitrogens is 1. The van der Waals surface area contributed by atoms with Crippen LogP contribution in [-0.4, -0.2) is 12.0 Å². The van der Waals surface area contributed by atoms with Crippen LogP contribution in [0.2, 0.25) is 0 Å². The number of pyridine rings is 1. The molecule has 3 heteroatoms. The molecule has 0 aliphatic rings. The van der Waals surface area contributed by atoms with Gasteiger partial charge < -0.3 is 5.32 Å². The lowest BCUT2D eigenvalue weighted by atomic mass is 10.1. The molecule has 0 fully saturated rings. The minimum atomic E-state index is -0.264. The van der Waals surface area contributed by atoms with Crippen molar-refractivity contribution in [3.8, 4) is 0 Å². The minimum absolute atomic E-state index is 0.264. The SMILES string of the molecule is CCc1cc2c(C)ccc(F)c2nc1NC. The number of hydrogen-bond donors (Lipinski definition) is 1. The zero-order chi connectivity index (χ0) is 11.7. The molecule has 2 rings (SSSR count). The Morgan fingerprint density at radius 1 is 1.38 bits per heavy atom. The molecule has 0 atom stereocenters. The molecule has 84 valence electrons. The van der Waals surface area contributed by atoms with Gasteiger partial charge in [-0.2, -0.15) is 0 Å². The van der Waals surface area contributed by atoms with Crippen molar-refractivity contribution in [1.82, 2.24) is 4.98 Å². The lowest BCUT2D eigenvalue weighted by molar-refractivity contribution is 0.636. The summed E-state index contributed by atoms with van der Waals surface area (Å²) in [6, 6.07) is 5.28. The second-order valence-corrected chi connectivity index (χ2v) is 3.86. The maximum Gasteiger partial charge on any atom is 0.149 e. The lowest BCUT2D eigenvalue weighted by Crippen LogP contribution is -2.00. The number of nitrogens with one attached hydrogen (secondary N) is 1. The molecule has 0 spiro atoms. The number of anilines is 1. The molecule has 1 N–H and O–H groups in total. The van der Waals surface area contributed by atoms with Crippen molar-refractivity contribution in [3.63, 3.8) is 0 Å². The molecule has 1 heterocycles. The van der Waals surface area contributed by atoms with Crippen molar-refractivity contribution in [1.29, 1.82) is 0 Å². The number of aryl methyl sites for hydroxylation is 2. The third-order valence-electron chi connectivity index (χ3n) is 2.85. The van der Waals surface area contributed by atoms with Crippen LogP contribution in [0.25, 0.3) is 10.9 Å². The van der Waals surface area contributed by atoms with Gasteiger partial charge in [0, 0.05) is 12.4 Å². The largest absolute Gasteiger partial charge is 0.373 e. The topological polar surface area (TPSA) is 24.9 Å². The molecule has 0 aliphatic carbocycles. The number of hydrogen-bond acceptors (Lipinski definition) is 2. The Kier molecular flexibility index (Phi) is 2.77. The van der Waals surface area contributed by atoms with E-state index in [-0.39, 0.29) is 5.82 Å². The molecule has 1 aromatic heterocycles. The summed E-state index contributed by atoms with van der Waals surface area (Å²) >= 11 is 0. The second kappa shape index (κ2) is 4.08. The zero-order valence-corrected chi connectivity index (χ0v) is 9.76. The van der Waals surface area contributed by atoms with E-state index in [0.717, 1.165) is 28.8 Å². The van der Waals surface area contributed by atoms with Crippen LogP contribution in [-0.2, 0) is 6.42 Å². The van der Waals surface area contributed by atoms with Crippen LogP contribution in [0.5, 0.6) is 0 Å². The highest BCUT2D eigenvalue weighted by Crippen LogP contribution is 2.25. The highest BCUT2D eigenvalue weighted by Gasteiger charge is 2.09. The first-order chi connectivity index (χ1) is 7.67. The maximum absolute atomic E-state index is 13.6. The van der Waals surface area contributed by atoms with Gasteiger partial charge in [0.1, 0.15) is 17.2 Å². The van der Waals surface area contributed by atoms with E-state index in [4.69, 9.17) is 0 Å². The summed E-state index contributed by atoms with van der Waals surface area (Å²) in [5, 5.41) is 3.91. The molecule has 0 saturated carbocycles. The van der Waals surface area contributed by atoms with Crippen molar-refractivity contribution >= 4 is 16.7 Å². The third kappa shape index (κ3) is 1.62. The molecule has 16 heavy (non-hydrogen) atoms. The fraction of sp³-hybridized carbons (Fsp3) is 0.308. The summed E-state index contributed by atoms with van der Waals surface area (Å²) in [5.74, 6) is 0.499. The predicted molar refractivity (Wildman–Crippen MR) is 65.4 cm³/mol. The summed E-state index contributed by atoms with van der Waals surface area (Å²) in [6.45, 7) is 4.04. The number of rotatable bonds is 2. The average molecular weight is 218 g/mol. The summed E-state index contributed by atoms with van der Waals surface area (Å²) in [4.78, 5) is 4.34. The van der Waals surface area contributed by atoms with Gasteiger partial charge in [0.25, 0.3) is 0 Å². The van der Waals surface area contributed by atoms with E-state index >= 15 is 0 Å². The Morgan fingerprint density at radius 2 is 2.12 bits per heavy atom. The molecular formula is C13H15FN2. The van der Waals surface area contributed by atoms with E-state index in [1.165, 1.54) is 6.07 Å². The summed E-state index contributed by atoms with van der Waals surface area (Å²) in [5.41, 5.74) is 2.62. The van der Waals surface area contributed by atoms with Crippen LogP contribution in [0.4, 0.5) is 10.2 Å². The summed E-state index contributed by atoms with van der Waals surface area (Å²) in [6.07, 6.45) is 0.884. The van der Waals surface area contributed by atoms with E-state index in [9.17, 15) is 4.39 Å². The molecule has 0 radical (unpaired) electrons. The van der Waals surface area contributed by atoms with Crippen molar-refractivity contribution in [2.45, 2.75) is 20.3 Å². The smallest absolute Gasteiger partial charge is 0.149 e. The van der Waals surface area contributed by atoms with Crippen molar-refractivity contribution < 1.29 is 4.39 Å². The fourth-order valence-electron chi connectivity index (χ4n) is 1.89. The first-order valence-electron chi connectivity index (χ1n) is 5.43. The van der Waals surface area contributed by atoms with E-state index in [1.54, 1.807) is 13.1 Å². The Balaban J connectivity index is 2.82. The second-order valence-electron chi connectivity index (χ2n) is 3.86. The van der Waals surface area contributed by atoms with Crippen LogP contribution in [0, 0.1) is 12.7 Å². The minimum Gasteiger partial charge on any atom is -0.373 e. The molecule has 2 aromatic rings. The van der Waals surface area contributed by atoms with Gasteiger partial charge in [-0.3, -0.25) is 0 Å². The van der Waals surface area contributed by atoms with Crippen molar-refractivity contribution in [2.24, 2.45) is 0 Å². The van der Waals surface area contributed by atoms with Gasteiger partial charge in [0.2, 0.25) is 0 Å². The van der Waals surface area contributed by atoms with E-state index < -0.39 is 0 Å². The standard InChI is InChI=1S/C13H15FN2/c1-4-9-7-10-8(2)5-6-11(14)12(10)16-13(9)15-3/h5-7H,4H2,1-3H3,(H,15,16). The molecule has 0 bridgehead atoms. The number of halogens is 1. The molecule has 1 aromatic carbocycles. The van der Waals surface area contributed by atoms with Crippen LogP contribution >= 0.6 is 0 Å². The number of nitrogens with zero attached hydrogens (tertiary/aromatic N) is 1. The Bertz CT molecular complexity index is 486. The quantitative estimate of drug-likeness (QED) is 0.836. The van der Waals surface area contributed by atoms with Gasteiger partial charge in [-0.25, -0.2) is 9.37 Å². The monoisotopic (exact) mass is 218 g/mol. The number of fused-ring (bicyclic) bond motifs is 1. The van der Waals surface area contributed by atoms with Crippen LogP contribution in [0.3, 0.4) is 0 Å². The van der Waals surface area contributed by atoms with Crippen LogP contribution in [0.15, 0.2) is 18.2 Å². The van der Waals surface area contributed by atoms with E-state index in [1.807, 2.05) is 13.0 Å². The molecule has 2 nitrogen and oxygen atoms in total. The van der Waals surface area contributed by atoms with Gasteiger partial charge in [-0.1, -0.05) is 13.0 Å². The molecular weight excluding hydrogens is 203 g/mol. The zero-order valence-electron chi connectivity index (χ0n) is 9.76. The van der Waals surface area contributed by atoms with Gasteiger partial charge in [0.05, 0.1) is 0 Å². The Hall–Kier alpha value is -1.64. The van der Waals surface area contributed by atoms with E-state index in [0.29, 0.717) is 5.52 Å². The lowest BCUT2D eigenvalue weighted by Gasteiger charge is -2.10. The van der Waals surface area contributed by atoms with E-state index in [2.05, 4.69) is 17.2 Å². The Labute approximate surface area is 94.5 Å². The van der Waals surface area contributed by atoms with Crippen molar-refractivity contribution in [2.75, 3.05) is 12.4 Å². The maximum atomic E-state index is 13.6. The van der Waals surface area contributed by atoms with Gasteiger partial charge >= 0.3 is 0 Å². The average Bonchev–Trinajstić information content (AvgIpc) is 2.32. The summed E-state index contributed by atoms with van der Waals surface area (Å²) in [7, 11) is 1.81. The van der Waals surface area contributed by atoms with Gasteiger partial charge in [-0.05, 0) is 36.6 Å². The Morgan fingerprint density at radius 3 is 2.75 bits per heavy atom. The molecule has 0 amide bonds. The van der Waals surface area contributed by atoms with Crippen LogP contribution in [0.1, 0.15) is 18.1 Å². The molecule has 0 aliphatic heterocycles. The van der Waals surface area contributed by atoms with Gasteiger partial charge in [0.15, 0.2) is 0 Å². The first kappa shape index (κ1) is 10.9. The molecule has 0 unspecified atom stereocenters. The van der Waals surface area contributed by atoms with Gasteiger partial charge in [-0.15, -0.1) is 0 Å². The summed E-state index contributed by atoms with van der Waals surface area (Å²) < 4.78 is 13.6. The number of benzene rings is 1.